The molecule has 94 valence electrons. The van der Waals surface area contributed by atoms with Crippen molar-refractivity contribution in [2.45, 2.75) is 26.7 Å². The third-order valence-electron chi connectivity index (χ3n) is 3.71. The van der Waals surface area contributed by atoms with Gasteiger partial charge in [0.15, 0.2) is 0 Å². The third kappa shape index (κ3) is 3.55. The van der Waals surface area contributed by atoms with Gasteiger partial charge in [-0.25, -0.2) is 0 Å². The zero-order valence-electron chi connectivity index (χ0n) is 11.1. The number of nitrogens with one attached hydrogen (secondary N) is 1. The van der Waals surface area contributed by atoms with Gasteiger partial charge < -0.3 is 10.2 Å². The lowest BCUT2D eigenvalue weighted by atomic mass is 10.0. The molecule has 1 saturated heterocycles. The fourth-order valence-corrected chi connectivity index (χ4v) is 2.53. The van der Waals surface area contributed by atoms with Gasteiger partial charge in [-0.3, -0.25) is 0 Å². The van der Waals surface area contributed by atoms with Crippen LogP contribution in [0, 0.1) is 6.92 Å². The summed E-state index contributed by atoms with van der Waals surface area (Å²) in [6.45, 7) is 10.3. The Morgan fingerprint density at radius 2 is 2.00 bits per heavy atom. The zero-order chi connectivity index (χ0) is 12.1. The van der Waals surface area contributed by atoms with E-state index in [-0.39, 0.29) is 0 Å². The summed E-state index contributed by atoms with van der Waals surface area (Å²) in [5, 5.41) is 3.40. The van der Waals surface area contributed by atoms with E-state index in [1.165, 1.54) is 42.7 Å². The summed E-state index contributed by atoms with van der Waals surface area (Å²) in [5.41, 5.74) is 4.42. The smallest absolute Gasteiger partial charge is 0.0108 e. The molecule has 1 fully saturated rings. The molecule has 1 heterocycles. The number of hydrogen-bond acceptors (Lipinski definition) is 2. The summed E-state index contributed by atoms with van der Waals surface area (Å²) in [6, 6.07) is 6.96. The Bertz CT molecular complexity index is 354. The van der Waals surface area contributed by atoms with Crippen LogP contribution < -0.4 is 5.32 Å². The molecule has 1 N–H and O–H groups in total. The number of benzene rings is 1. The molecule has 0 spiro atoms. The molecular formula is C15H24N2. The van der Waals surface area contributed by atoms with Gasteiger partial charge in [-0.2, -0.15) is 0 Å². The minimum atomic E-state index is 1.14. The summed E-state index contributed by atoms with van der Waals surface area (Å²) < 4.78 is 0. The summed E-state index contributed by atoms with van der Waals surface area (Å²) >= 11 is 0. The van der Waals surface area contributed by atoms with Crippen LogP contribution >= 0.6 is 0 Å². The Kier molecular flexibility index (Phi) is 4.57. The van der Waals surface area contributed by atoms with Crippen LogP contribution in [0.2, 0.25) is 0 Å². The van der Waals surface area contributed by atoms with Crippen molar-refractivity contribution < 1.29 is 0 Å². The molecule has 1 aliphatic heterocycles. The number of piperazine rings is 1. The number of aryl methyl sites for hydroxylation is 2. The first-order valence-corrected chi connectivity index (χ1v) is 6.81. The van der Waals surface area contributed by atoms with Gasteiger partial charge in [0, 0.05) is 32.7 Å². The highest BCUT2D eigenvalue weighted by Gasteiger charge is 2.09. The molecule has 17 heavy (non-hydrogen) atoms. The van der Waals surface area contributed by atoms with Crippen molar-refractivity contribution in [1.29, 1.82) is 0 Å². The molecule has 0 amide bonds. The molecule has 1 aliphatic rings. The van der Waals surface area contributed by atoms with Crippen LogP contribution in [0.1, 0.15) is 23.6 Å². The summed E-state index contributed by atoms with van der Waals surface area (Å²) in [6.07, 6.45) is 2.33. The van der Waals surface area contributed by atoms with Crippen molar-refractivity contribution in [2.75, 3.05) is 32.7 Å². The number of nitrogens with zero attached hydrogens (tertiary/aromatic N) is 1. The predicted octanol–water partition coefficient (Wildman–Crippen LogP) is 2.01. The fourth-order valence-electron chi connectivity index (χ4n) is 2.53. The molecule has 0 aromatic heterocycles. The van der Waals surface area contributed by atoms with E-state index in [2.05, 4.69) is 42.3 Å². The number of hydrogen-bond donors (Lipinski definition) is 1. The van der Waals surface area contributed by atoms with E-state index in [1.54, 1.807) is 0 Å². The van der Waals surface area contributed by atoms with Gasteiger partial charge in [0.25, 0.3) is 0 Å². The maximum Gasteiger partial charge on any atom is 0.0108 e. The van der Waals surface area contributed by atoms with Crippen molar-refractivity contribution in [3.8, 4) is 0 Å². The second-order valence-electron chi connectivity index (χ2n) is 4.96. The molecule has 2 heteroatoms. The Labute approximate surface area is 105 Å². The Hall–Kier alpha value is -0.860. The van der Waals surface area contributed by atoms with Crippen molar-refractivity contribution in [1.82, 2.24) is 10.2 Å². The van der Waals surface area contributed by atoms with E-state index in [1.807, 2.05) is 0 Å². The standard InChI is InChI=1S/C15H24N2/c1-3-15-5-4-14(12-13(15)2)6-9-17-10-7-16-8-11-17/h4-5,12,16H,3,6-11H2,1-2H3. The highest BCUT2D eigenvalue weighted by molar-refractivity contribution is 5.31. The predicted molar refractivity (Wildman–Crippen MR) is 73.6 cm³/mol. The second kappa shape index (κ2) is 6.18. The van der Waals surface area contributed by atoms with Crippen LogP contribution in [-0.4, -0.2) is 37.6 Å². The summed E-state index contributed by atoms with van der Waals surface area (Å²) in [5.74, 6) is 0. The minimum absolute atomic E-state index is 1.14. The van der Waals surface area contributed by atoms with Crippen LogP contribution in [0.5, 0.6) is 0 Å². The third-order valence-corrected chi connectivity index (χ3v) is 3.71. The lowest BCUT2D eigenvalue weighted by Crippen LogP contribution is -2.44. The van der Waals surface area contributed by atoms with E-state index in [0.717, 1.165) is 19.5 Å². The molecule has 1 aromatic rings. The Balaban J connectivity index is 1.87. The SMILES string of the molecule is CCc1ccc(CCN2CCNCC2)cc1C. The van der Waals surface area contributed by atoms with Crippen molar-refractivity contribution in [2.24, 2.45) is 0 Å². The average Bonchev–Trinajstić information content (AvgIpc) is 2.38. The topological polar surface area (TPSA) is 15.3 Å². The normalized spacial score (nSPS) is 17.3. The maximum atomic E-state index is 3.40. The molecule has 2 rings (SSSR count). The van der Waals surface area contributed by atoms with Gasteiger partial charge in [-0.15, -0.1) is 0 Å². The largest absolute Gasteiger partial charge is 0.314 e. The van der Waals surface area contributed by atoms with Gasteiger partial charge >= 0.3 is 0 Å². The zero-order valence-corrected chi connectivity index (χ0v) is 11.1. The molecule has 0 unspecified atom stereocenters. The molecule has 0 bridgehead atoms. The molecule has 0 aliphatic carbocycles. The monoisotopic (exact) mass is 232 g/mol. The molecule has 0 atom stereocenters. The highest BCUT2D eigenvalue weighted by Crippen LogP contribution is 2.12. The summed E-state index contributed by atoms with van der Waals surface area (Å²) in [7, 11) is 0. The van der Waals surface area contributed by atoms with E-state index in [9.17, 15) is 0 Å². The van der Waals surface area contributed by atoms with Gasteiger partial charge in [0.2, 0.25) is 0 Å². The maximum absolute atomic E-state index is 3.40. The van der Waals surface area contributed by atoms with E-state index >= 15 is 0 Å². The van der Waals surface area contributed by atoms with Gasteiger partial charge in [0.1, 0.15) is 0 Å². The van der Waals surface area contributed by atoms with Crippen LogP contribution in [0.25, 0.3) is 0 Å². The minimum Gasteiger partial charge on any atom is -0.314 e. The average molecular weight is 232 g/mol. The summed E-state index contributed by atoms with van der Waals surface area (Å²) in [4.78, 5) is 2.56. The quantitative estimate of drug-likeness (QED) is 0.854. The van der Waals surface area contributed by atoms with Gasteiger partial charge in [-0.05, 0) is 36.5 Å². The Morgan fingerprint density at radius 3 is 2.65 bits per heavy atom. The van der Waals surface area contributed by atoms with Crippen LogP contribution in [0.15, 0.2) is 18.2 Å². The van der Waals surface area contributed by atoms with Crippen molar-refractivity contribution >= 4 is 0 Å². The second-order valence-corrected chi connectivity index (χ2v) is 4.96. The first-order valence-electron chi connectivity index (χ1n) is 6.81. The van der Waals surface area contributed by atoms with Crippen molar-refractivity contribution in [3.63, 3.8) is 0 Å². The van der Waals surface area contributed by atoms with Crippen LogP contribution in [0.3, 0.4) is 0 Å². The van der Waals surface area contributed by atoms with Crippen LogP contribution in [0.4, 0.5) is 0 Å². The van der Waals surface area contributed by atoms with Crippen molar-refractivity contribution in [3.05, 3.63) is 34.9 Å². The fraction of sp³-hybridized carbons (Fsp3) is 0.600. The lowest BCUT2D eigenvalue weighted by molar-refractivity contribution is 0.244. The van der Waals surface area contributed by atoms with Gasteiger partial charge in [0.05, 0.1) is 0 Å². The first-order chi connectivity index (χ1) is 8.29. The molecule has 0 radical (unpaired) electrons. The van der Waals surface area contributed by atoms with Crippen LogP contribution in [-0.2, 0) is 12.8 Å². The van der Waals surface area contributed by atoms with Gasteiger partial charge in [-0.1, -0.05) is 25.1 Å². The lowest BCUT2D eigenvalue weighted by Gasteiger charge is -2.27. The molecular weight excluding hydrogens is 208 g/mol. The van der Waals surface area contributed by atoms with E-state index < -0.39 is 0 Å². The molecule has 1 aromatic carbocycles. The van der Waals surface area contributed by atoms with E-state index in [0.29, 0.717) is 0 Å². The first kappa shape index (κ1) is 12.6. The molecule has 2 nitrogen and oxygen atoms in total. The Morgan fingerprint density at radius 1 is 1.24 bits per heavy atom. The highest BCUT2D eigenvalue weighted by atomic mass is 15.2. The number of rotatable bonds is 4. The van der Waals surface area contributed by atoms with E-state index in [4.69, 9.17) is 0 Å². The molecule has 0 saturated carbocycles.